The fraction of sp³-hybridized carbons (Fsp3) is 0.222. The number of hydrogen-bond acceptors (Lipinski definition) is 5. The van der Waals surface area contributed by atoms with Crippen molar-refractivity contribution >= 4 is 17.6 Å². The van der Waals surface area contributed by atoms with Gasteiger partial charge in [-0.05, 0) is 0 Å². The Morgan fingerprint density at radius 3 is 2.75 bits per heavy atom. The summed E-state index contributed by atoms with van der Waals surface area (Å²) in [6.07, 6.45) is 0.706. The number of hydroxylamine groups is 1. The molecule has 16 heavy (non-hydrogen) atoms. The SMILES string of the molecule is C=C1NC=C(CC(=O)CC(=O)NO)C(=O)N1. The lowest BCUT2D eigenvalue weighted by Gasteiger charge is -2.16. The third-order valence-electron chi connectivity index (χ3n) is 1.85. The van der Waals surface area contributed by atoms with E-state index in [1.54, 1.807) is 0 Å². The van der Waals surface area contributed by atoms with Gasteiger partial charge in [0.25, 0.3) is 11.8 Å². The van der Waals surface area contributed by atoms with Crippen LogP contribution in [-0.4, -0.2) is 22.8 Å². The van der Waals surface area contributed by atoms with Gasteiger partial charge in [0.15, 0.2) is 0 Å². The molecule has 86 valence electrons. The summed E-state index contributed by atoms with van der Waals surface area (Å²) in [5, 5.41) is 13.2. The maximum atomic E-state index is 11.3. The van der Waals surface area contributed by atoms with E-state index in [-0.39, 0.29) is 12.0 Å². The van der Waals surface area contributed by atoms with E-state index in [0.29, 0.717) is 5.82 Å². The molecular formula is C9H11N3O4. The third kappa shape index (κ3) is 3.21. The van der Waals surface area contributed by atoms with Gasteiger partial charge in [0.1, 0.15) is 11.6 Å². The zero-order chi connectivity index (χ0) is 12.1. The van der Waals surface area contributed by atoms with Crippen LogP contribution < -0.4 is 16.1 Å². The molecule has 1 aliphatic heterocycles. The predicted molar refractivity (Wildman–Crippen MR) is 52.7 cm³/mol. The van der Waals surface area contributed by atoms with Gasteiger partial charge in [0, 0.05) is 18.2 Å². The maximum absolute atomic E-state index is 11.3. The largest absolute Gasteiger partial charge is 0.348 e. The number of rotatable bonds is 4. The number of ketones is 1. The molecule has 0 saturated carbocycles. The first-order chi connectivity index (χ1) is 7.52. The highest BCUT2D eigenvalue weighted by Crippen LogP contribution is 2.07. The fourth-order valence-electron chi connectivity index (χ4n) is 1.12. The van der Waals surface area contributed by atoms with Crippen LogP contribution in [0.2, 0.25) is 0 Å². The molecule has 0 atom stereocenters. The highest BCUT2D eigenvalue weighted by molar-refractivity contribution is 6.04. The lowest BCUT2D eigenvalue weighted by atomic mass is 10.1. The highest BCUT2D eigenvalue weighted by atomic mass is 16.5. The van der Waals surface area contributed by atoms with Gasteiger partial charge in [0.05, 0.1) is 6.42 Å². The summed E-state index contributed by atoms with van der Waals surface area (Å²) in [6.45, 7) is 3.47. The third-order valence-corrected chi connectivity index (χ3v) is 1.85. The Hall–Kier alpha value is -2.15. The Kier molecular flexibility index (Phi) is 3.78. The van der Waals surface area contributed by atoms with Gasteiger partial charge < -0.3 is 10.6 Å². The Balaban J connectivity index is 2.54. The van der Waals surface area contributed by atoms with Gasteiger partial charge in [0.2, 0.25) is 0 Å². The molecule has 0 radical (unpaired) electrons. The standard InChI is InChI=1S/C9H11N3O4/c1-5-10-4-6(9(15)11-5)2-7(13)3-8(14)12-16/h4,10,16H,1-3H2,(H,11,15)(H,12,14). The molecule has 7 heteroatoms. The second-order valence-corrected chi connectivity index (χ2v) is 3.17. The van der Waals surface area contributed by atoms with E-state index in [4.69, 9.17) is 5.21 Å². The summed E-state index contributed by atoms with van der Waals surface area (Å²) in [5.41, 5.74) is 1.55. The van der Waals surface area contributed by atoms with Gasteiger partial charge in [-0.2, -0.15) is 0 Å². The molecule has 0 aliphatic carbocycles. The van der Waals surface area contributed by atoms with Crippen LogP contribution in [0.3, 0.4) is 0 Å². The average Bonchev–Trinajstić information content (AvgIpc) is 2.22. The van der Waals surface area contributed by atoms with Crippen molar-refractivity contribution in [2.75, 3.05) is 0 Å². The normalized spacial score (nSPS) is 14.7. The van der Waals surface area contributed by atoms with E-state index in [1.165, 1.54) is 11.7 Å². The summed E-state index contributed by atoms with van der Waals surface area (Å²) >= 11 is 0. The molecule has 1 rings (SSSR count). The van der Waals surface area contributed by atoms with E-state index < -0.39 is 24.0 Å². The second-order valence-electron chi connectivity index (χ2n) is 3.17. The topological polar surface area (TPSA) is 108 Å². The Morgan fingerprint density at radius 2 is 2.19 bits per heavy atom. The summed E-state index contributed by atoms with van der Waals surface area (Å²) in [7, 11) is 0. The molecule has 0 fully saturated rings. The van der Waals surface area contributed by atoms with Gasteiger partial charge in [-0.1, -0.05) is 6.58 Å². The van der Waals surface area contributed by atoms with Crippen LogP contribution in [-0.2, 0) is 14.4 Å². The number of amides is 2. The molecule has 2 amide bonds. The van der Waals surface area contributed by atoms with Crippen LogP contribution in [0.5, 0.6) is 0 Å². The minimum Gasteiger partial charge on any atom is -0.348 e. The summed E-state index contributed by atoms with van der Waals surface area (Å²) in [4.78, 5) is 33.2. The predicted octanol–water partition coefficient (Wildman–Crippen LogP) is -1.08. The molecule has 0 aromatic heterocycles. The molecule has 0 unspecified atom stereocenters. The van der Waals surface area contributed by atoms with Crippen molar-refractivity contribution in [2.45, 2.75) is 12.8 Å². The smallest absolute Gasteiger partial charge is 0.254 e. The monoisotopic (exact) mass is 225 g/mol. The van der Waals surface area contributed by atoms with E-state index in [0.717, 1.165) is 0 Å². The van der Waals surface area contributed by atoms with Crippen molar-refractivity contribution in [3.63, 3.8) is 0 Å². The van der Waals surface area contributed by atoms with Crippen LogP contribution in [0.25, 0.3) is 0 Å². The zero-order valence-electron chi connectivity index (χ0n) is 8.37. The van der Waals surface area contributed by atoms with E-state index in [2.05, 4.69) is 17.2 Å². The van der Waals surface area contributed by atoms with Crippen LogP contribution in [0.4, 0.5) is 0 Å². The van der Waals surface area contributed by atoms with Gasteiger partial charge in [-0.25, -0.2) is 5.48 Å². The Morgan fingerprint density at radius 1 is 1.50 bits per heavy atom. The summed E-state index contributed by atoms with van der Waals surface area (Å²) < 4.78 is 0. The van der Waals surface area contributed by atoms with Crippen molar-refractivity contribution in [2.24, 2.45) is 0 Å². The molecule has 1 aliphatic rings. The summed E-state index contributed by atoms with van der Waals surface area (Å²) in [6, 6.07) is 0. The number of carbonyl (C=O) groups is 3. The molecule has 0 bridgehead atoms. The number of hydrogen-bond donors (Lipinski definition) is 4. The lowest BCUT2D eigenvalue weighted by molar-refractivity contribution is -0.134. The lowest BCUT2D eigenvalue weighted by Crippen LogP contribution is -2.35. The van der Waals surface area contributed by atoms with Gasteiger partial charge >= 0.3 is 0 Å². The molecule has 0 spiro atoms. The second kappa shape index (κ2) is 5.08. The first-order valence-electron chi connectivity index (χ1n) is 4.43. The Labute approximate surface area is 91.2 Å². The number of carbonyl (C=O) groups excluding carboxylic acids is 3. The number of Topliss-reactive ketones (excluding diaryl/α,β-unsaturated/α-hetero) is 1. The highest BCUT2D eigenvalue weighted by Gasteiger charge is 2.19. The average molecular weight is 225 g/mol. The zero-order valence-corrected chi connectivity index (χ0v) is 8.37. The van der Waals surface area contributed by atoms with Gasteiger partial charge in [-0.3, -0.25) is 19.6 Å². The van der Waals surface area contributed by atoms with Crippen molar-refractivity contribution < 1.29 is 19.6 Å². The molecule has 1 heterocycles. The van der Waals surface area contributed by atoms with Crippen molar-refractivity contribution in [1.82, 2.24) is 16.1 Å². The first-order valence-corrected chi connectivity index (χ1v) is 4.43. The molecule has 0 aromatic carbocycles. The van der Waals surface area contributed by atoms with E-state index >= 15 is 0 Å². The van der Waals surface area contributed by atoms with Crippen molar-refractivity contribution in [1.29, 1.82) is 0 Å². The molecular weight excluding hydrogens is 214 g/mol. The van der Waals surface area contributed by atoms with Crippen molar-refractivity contribution in [3.8, 4) is 0 Å². The van der Waals surface area contributed by atoms with Gasteiger partial charge in [-0.15, -0.1) is 0 Å². The molecule has 4 N–H and O–H groups in total. The van der Waals surface area contributed by atoms with Crippen LogP contribution in [0.1, 0.15) is 12.8 Å². The Bertz CT molecular complexity index is 386. The van der Waals surface area contributed by atoms with E-state index in [1.807, 2.05) is 0 Å². The number of nitrogens with one attached hydrogen (secondary N) is 3. The van der Waals surface area contributed by atoms with Crippen LogP contribution >= 0.6 is 0 Å². The maximum Gasteiger partial charge on any atom is 0.254 e. The summed E-state index contributed by atoms with van der Waals surface area (Å²) in [5.74, 6) is -1.38. The minimum absolute atomic E-state index is 0.181. The minimum atomic E-state index is -0.806. The van der Waals surface area contributed by atoms with Crippen molar-refractivity contribution in [3.05, 3.63) is 24.2 Å². The quantitative estimate of drug-likeness (QED) is 0.276. The molecule has 7 nitrogen and oxygen atoms in total. The van der Waals surface area contributed by atoms with E-state index in [9.17, 15) is 14.4 Å². The molecule has 0 saturated heterocycles. The fourth-order valence-corrected chi connectivity index (χ4v) is 1.12. The van der Waals surface area contributed by atoms with Crippen LogP contribution in [0, 0.1) is 0 Å². The van der Waals surface area contributed by atoms with Crippen LogP contribution in [0.15, 0.2) is 24.2 Å². The molecule has 0 aromatic rings. The first kappa shape index (κ1) is 11.9.